The summed E-state index contributed by atoms with van der Waals surface area (Å²) >= 11 is 0. The molecule has 8 heteroatoms. The smallest absolute Gasteiger partial charge is 0.410 e. The van der Waals surface area contributed by atoms with E-state index in [1.807, 2.05) is 45.0 Å². The second-order valence-electron chi connectivity index (χ2n) is 8.59. The summed E-state index contributed by atoms with van der Waals surface area (Å²) in [5.74, 6) is 0.161. The largest absolute Gasteiger partial charge is 0.444 e. The second-order valence-corrected chi connectivity index (χ2v) is 8.59. The summed E-state index contributed by atoms with van der Waals surface area (Å²) in [6, 6.07) is 7.86. The molecule has 1 aliphatic rings. The third kappa shape index (κ3) is 5.52. The first-order valence-corrected chi connectivity index (χ1v) is 10.2. The third-order valence-corrected chi connectivity index (χ3v) is 5.02. The Morgan fingerprint density at radius 2 is 1.80 bits per heavy atom. The van der Waals surface area contributed by atoms with E-state index in [9.17, 15) is 14.4 Å². The fourth-order valence-corrected chi connectivity index (χ4v) is 3.49. The number of hydrogen-bond acceptors (Lipinski definition) is 5. The highest BCUT2D eigenvalue weighted by Crippen LogP contribution is 2.30. The SMILES string of the molecule is CC(=O)NCn1cc(-c2ccc(C3CCN(C(=O)OC(C)(C)C)CC3)cc2)c(=O)o1. The summed E-state index contributed by atoms with van der Waals surface area (Å²) in [6.45, 7) is 8.45. The molecule has 1 aliphatic heterocycles. The number of piperidine rings is 1. The molecular formula is C22H29N3O5. The van der Waals surface area contributed by atoms with E-state index < -0.39 is 11.2 Å². The van der Waals surface area contributed by atoms with E-state index in [2.05, 4.69) is 5.32 Å². The van der Waals surface area contributed by atoms with Crippen LogP contribution in [0.1, 0.15) is 52.0 Å². The predicted octanol–water partition coefficient (Wildman–Crippen LogP) is 3.32. The van der Waals surface area contributed by atoms with Crippen LogP contribution in [0.2, 0.25) is 0 Å². The molecule has 2 heterocycles. The third-order valence-electron chi connectivity index (χ3n) is 5.02. The highest BCUT2D eigenvalue weighted by molar-refractivity contribution is 5.72. The van der Waals surface area contributed by atoms with Gasteiger partial charge in [0.2, 0.25) is 5.91 Å². The van der Waals surface area contributed by atoms with Gasteiger partial charge in [0, 0.05) is 20.0 Å². The Hall–Kier alpha value is -3.03. The van der Waals surface area contributed by atoms with Crippen molar-refractivity contribution in [1.29, 1.82) is 0 Å². The summed E-state index contributed by atoms with van der Waals surface area (Å²) < 4.78 is 11.9. The van der Waals surface area contributed by atoms with Gasteiger partial charge >= 0.3 is 11.7 Å². The van der Waals surface area contributed by atoms with Gasteiger partial charge in [0.25, 0.3) is 0 Å². The van der Waals surface area contributed by atoms with Gasteiger partial charge in [-0.1, -0.05) is 24.3 Å². The van der Waals surface area contributed by atoms with Crippen LogP contribution in [0.3, 0.4) is 0 Å². The number of hydrogen-bond donors (Lipinski definition) is 1. The van der Waals surface area contributed by atoms with Crippen LogP contribution in [-0.2, 0) is 16.2 Å². The Labute approximate surface area is 175 Å². The van der Waals surface area contributed by atoms with Crippen molar-refractivity contribution in [1.82, 2.24) is 15.0 Å². The highest BCUT2D eigenvalue weighted by atomic mass is 16.6. The summed E-state index contributed by atoms with van der Waals surface area (Å²) in [4.78, 5) is 37.1. The van der Waals surface area contributed by atoms with Crippen molar-refractivity contribution in [3.63, 3.8) is 0 Å². The van der Waals surface area contributed by atoms with Gasteiger partial charge in [-0.15, -0.1) is 0 Å². The summed E-state index contributed by atoms with van der Waals surface area (Å²) in [7, 11) is 0. The molecule has 0 unspecified atom stereocenters. The van der Waals surface area contributed by atoms with Gasteiger partial charge in [0.05, 0.1) is 11.8 Å². The van der Waals surface area contributed by atoms with Crippen molar-refractivity contribution < 1.29 is 18.8 Å². The van der Waals surface area contributed by atoms with E-state index in [4.69, 9.17) is 9.26 Å². The minimum atomic E-state index is -0.489. The van der Waals surface area contributed by atoms with E-state index in [-0.39, 0.29) is 18.7 Å². The zero-order valence-corrected chi connectivity index (χ0v) is 17.9. The molecule has 0 aliphatic carbocycles. The van der Waals surface area contributed by atoms with Crippen LogP contribution in [0.15, 0.2) is 39.8 Å². The molecule has 162 valence electrons. The maximum atomic E-state index is 12.2. The minimum absolute atomic E-state index is 0.110. The quantitative estimate of drug-likeness (QED) is 0.827. The number of ether oxygens (including phenoxy) is 1. The lowest BCUT2D eigenvalue weighted by Gasteiger charge is -2.33. The van der Waals surface area contributed by atoms with Crippen molar-refractivity contribution in [2.45, 2.75) is 58.7 Å². The molecule has 1 fully saturated rings. The van der Waals surface area contributed by atoms with Gasteiger partial charge in [-0.05, 0) is 50.7 Å². The van der Waals surface area contributed by atoms with Crippen LogP contribution in [-0.4, -0.2) is 40.3 Å². The molecule has 2 aromatic rings. The maximum Gasteiger partial charge on any atom is 0.410 e. The number of likely N-dealkylation sites (tertiary alicyclic amines) is 1. The Balaban J connectivity index is 1.61. The number of carbonyl (C=O) groups is 2. The normalized spacial score (nSPS) is 15.1. The molecule has 2 amide bonds. The van der Waals surface area contributed by atoms with Crippen molar-refractivity contribution >= 4 is 12.0 Å². The van der Waals surface area contributed by atoms with Crippen molar-refractivity contribution in [2.75, 3.05) is 13.1 Å². The topological polar surface area (TPSA) is 93.8 Å². The molecule has 0 radical (unpaired) electrons. The highest BCUT2D eigenvalue weighted by Gasteiger charge is 2.27. The lowest BCUT2D eigenvalue weighted by molar-refractivity contribution is -0.119. The lowest BCUT2D eigenvalue weighted by atomic mass is 9.89. The first-order valence-electron chi connectivity index (χ1n) is 10.2. The monoisotopic (exact) mass is 415 g/mol. The van der Waals surface area contributed by atoms with E-state index in [0.717, 1.165) is 18.4 Å². The van der Waals surface area contributed by atoms with Crippen molar-refractivity contribution in [2.24, 2.45) is 0 Å². The standard InChI is InChI=1S/C22H29N3O5/c1-15(26)23-14-25-13-19(20(27)30-25)18-7-5-16(6-8-18)17-9-11-24(12-10-17)21(28)29-22(2,3)4/h5-8,13,17H,9-12,14H2,1-4H3,(H,23,26). The molecule has 30 heavy (non-hydrogen) atoms. The molecule has 1 N–H and O–H groups in total. The van der Waals surface area contributed by atoms with E-state index in [1.165, 1.54) is 17.2 Å². The second kappa shape index (κ2) is 8.77. The first-order chi connectivity index (χ1) is 14.1. The van der Waals surface area contributed by atoms with Crippen LogP contribution in [0.25, 0.3) is 11.1 Å². The fraction of sp³-hybridized carbons (Fsp3) is 0.500. The van der Waals surface area contributed by atoms with Crippen LogP contribution < -0.4 is 10.9 Å². The average molecular weight is 415 g/mol. The Morgan fingerprint density at radius 3 is 2.37 bits per heavy atom. The van der Waals surface area contributed by atoms with Crippen LogP contribution in [0.4, 0.5) is 4.79 Å². The molecule has 3 rings (SSSR count). The molecule has 8 nitrogen and oxygen atoms in total. The minimum Gasteiger partial charge on any atom is -0.444 e. The molecule has 0 spiro atoms. The number of carbonyl (C=O) groups excluding carboxylic acids is 2. The number of aromatic nitrogens is 1. The molecule has 1 aromatic heterocycles. The zero-order valence-electron chi connectivity index (χ0n) is 17.9. The zero-order chi connectivity index (χ0) is 21.9. The lowest BCUT2D eigenvalue weighted by Crippen LogP contribution is -2.41. The number of rotatable bonds is 4. The van der Waals surface area contributed by atoms with Gasteiger partial charge in [0.1, 0.15) is 12.3 Å². The fourth-order valence-electron chi connectivity index (χ4n) is 3.49. The van der Waals surface area contributed by atoms with Gasteiger partial charge in [-0.2, -0.15) is 4.74 Å². The van der Waals surface area contributed by atoms with Crippen LogP contribution >= 0.6 is 0 Å². The molecular weight excluding hydrogens is 386 g/mol. The van der Waals surface area contributed by atoms with Gasteiger partial charge < -0.3 is 19.5 Å². The summed E-state index contributed by atoms with van der Waals surface area (Å²) in [5, 5.41) is 2.58. The maximum absolute atomic E-state index is 12.2. The van der Waals surface area contributed by atoms with Gasteiger partial charge in [-0.25, -0.2) is 9.59 Å². The van der Waals surface area contributed by atoms with Gasteiger partial charge in [-0.3, -0.25) is 4.79 Å². The Kier molecular flexibility index (Phi) is 6.34. The molecule has 1 saturated heterocycles. The molecule has 1 aromatic carbocycles. The molecule has 0 bridgehead atoms. The summed E-state index contributed by atoms with van der Waals surface area (Å²) in [6.07, 6.45) is 3.07. The predicted molar refractivity (Wildman–Crippen MR) is 112 cm³/mol. The summed E-state index contributed by atoms with van der Waals surface area (Å²) in [5.41, 5.74) is 1.47. The number of benzene rings is 1. The first kappa shape index (κ1) is 21.7. The number of nitrogens with one attached hydrogen (secondary N) is 1. The van der Waals surface area contributed by atoms with E-state index >= 15 is 0 Å². The number of amides is 2. The van der Waals surface area contributed by atoms with Crippen LogP contribution in [0, 0.1) is 0 Å². The van der Waals surface area contributed by atoms with Crippen molar-refractivity contribution in [3.05, 3.63) is 46.4 Å². The van der Waals surface area contributed by atoms with Crippen LogP contribution in [0.5, 0.6) is 0 Å². The van der Waals surface area contributed by atoms with Gasteiger partial charge in [0.15, 0.2) is 0 Å². The van der Waals surface area contributed by atoms with E-state index in [1.54, 1.807) is 11.1 Å². The van der Waals surface area contributed by atoms with E-state index in [0.29, 0.717) is 24.6 Å². The molecule has 0 saturated carbocycles. The average Bonchev–Trinajstić information content (AvgIpc) is 3.06. The number of nitrogens with zero attached hydrogens (tertiary/aromatic N) is 2. The Bertz CT molecular complexity index is 944. The molecule has 0 atom stereocenters. The van der Waals surface area contributed by atoms with Crippen molar-refractivity contribution in [3.8, 4) is 11.1 Å². The Morgan fingerprint density at radius 1 is 1.17 bits per heavy atom.